The van der Waals surface area contributed by atoms with E-state index in [1.165, 1.54) is 0 Å². The first-order chi connectivity index (χ1) is 9.66. The highest BCUT2D eigenvalue weighted by Gasteiger charge is 2.13. The Labute approximate surface area is 121 Å². The molecule has 2 aromatic carbocycles. The van der Waals surface area contributed by atoms with Gasteiger partial charge in [0.15, 0.2) is 5.78 Å². The van der Waals surface area contributed by atoms with Gasteiger partial charge in [-0.25, -0.2) is 0 Å². The van der Waals surface area contributed by atoms with Crippen molar-refractivity contribution in [2.75, 3.05) is 5.73 Å². The minimum Gasteiger partial charge on any atom is -0.398 e. The Hall–Kier alpha value is -2.39. The monoisotopic (exact) mass is 282 g/mol. The van der Waals surface area contributed by atoms with Crippen LogP contribution in [0.15, 0.2) is 54.9 Å². The lowest BCUT2D eigenvalue weighted by Crippen LogP contribution is -2.03. The van der Waals surface area contributed by atoms with Gasteiger partial charge < -0.3 is 5.73 Å². The number of ketones is 1. The van der Waals surface area contributed by atoms with Crippen LogP contribution < -0.4 is 5.73 Å². The third kappa shape index (κ3) is 2.12. The molecule has 0 radical (unpaired) electrons. The van der Waals surface area contributed by atoms with Gasteiger partial charge in [0.1, 0.15) is 0 Å². The van der Waals surface area contributed by atoms with Crippen molar-refractivity contribution < 1.29 is 4.79 Å². The van der Waals surface area contributed by atoms with Crippen molar-refractivity contribution in [3.63, 3.8) is 0 Å². The van der Waals surface area contributed by atoms with Crippen molar-refractivity contribution in [1.82, 2.24) is 4.98 Å². The van der Waals surface area contributed by atoms with Crippen molar-refractivity contribution in [2.24, 2.45) is 0 Å². The van der Waals surface area contributed by atoms with Gasteiger partial charge in [0, 0.05) is 28.9 Å². The van der Waals surface area contributed by atoms with Crippen molar-refractivity contribution in [2.45, 2.75) is 0 Å². The first kappa shape index (κ1) is 12.6. The molecule has 0 spiro atoms. The molecule has 0 bridgehead atoms. The highest BCUT2D eigenvalue weighted by atomic mass is 35.5. The minimum atomic E-state index is -0.0921. The van der Waals surface area contributed by atoms with E-state index in [0.717, 1.165) is 10.8 Å². The van der Waals surface area contributed by atoms with Crippen LogP contribution in [-0.4, -0.2) is 10.8 Å². The molecule has 1 heterocycles. The van der Waals surface area contributed by atoms with Gasteiger partial charge in [-0.3, -0.25) is 9.78 Å². The summed E-state index contributed by atoms with van der Waals surface area (Å²) in [4.78, 5) is 16.7. The third-order valence-electron chi connectivity index (χ3n) is 3.19. The molecule has 0 unspecified atom stereocenters. The Bertz CT molecular complexity index is 809. The van der Waals surface area contributed by atoms with Crippen molar-refractivity contribution in [3.05, 3.63) is 71.0 Å². The summed E-state index contributed by atoms with van der Waals surface area (Å²) in [6.45, 7) is 0. The largest absolute Gasteiger partial charge is 0.398 e. The molecule has 0 atom stereocenters. The normalized spacial score (nSPS) is 10.7. The predicted molar refractivity (Wildman–Crippen MR) is 81.0 cm³/mol. The number of fused-ring (bicyclic) bond motifs is 1. The number of pyridine rings is 1. The molecule has 20 heavy (non-hydrogen) atoms. The van der Waals surface area contributed by atoms with E-state index < -0.39 is 0 Å². The van der Waals surface area contributed by atoms with Gasteiger partial charge in [-0.15, -0.1) is 0 Å². The van der Waals surface area contributed by atoms with E-state index in [9.17, 15) is 4.79 Å². The summed E-state index contributed by atoms with van der Waals surface area (Å²) in [5, 5.41) is 2.19. The van der Waals surface area contributed by atoms with Crippen LogP contribution in [0.3, 0.4) is 0 Å². The number of halogens is 1. The molecular weight excluding hydrogens is 272 g/mol. The lowest BCUT2D eigenvalue weighted by molar-refractivity contribution is 0.104. The number of aromatic nitrogens is 1. The van der Waals surface area contributed by atoms with Crippen LogP contribution in [0.25, 0.3) is 10.8 Å². The van der Waals surface area contributed by atoms with Crippen LogP contribution >= 0.6 is 11.6 Å². The van der Waals surface area contributed by atoms with Gasteiger partial charge in [-0.05, 0) is 29.7 Å². The second-order valence-corrected chi connectivity index (χ2v) is 4.88. The summed E-state index contributed by atoms with van der Waals surface area (Å²) < 4.78 is 0. The molecule has 0 amide bonds. The Morgan fingerprint density at radius 3 is 2.80 bits per heavy atom. The molecule has 0 fully saturated rings. The maximum Gasteiger partial charge on any atom is 0.193 e. The van der Waals surface area contributed by atoms with E-state index in [1.807, 2.05) is 18.2 Å². The molecule has 0 aliphatic rings. The van der Waals surface area contributed by atoms with E-state index in [2.05, 4.69) is 4.98 Å². The highest BCUT2D eigenvalue weighted by molar-refractivity contribution is 6.33. The number of hydrogen-bond donors (Lipinski definition) is 1. The fourth-order valence-electron chi connectivity index (χ4n) is 2.14. The lowest BCUT2D eigenvalue weighted by Gasteiger charge is -2.06. The molecule has 3 rings (SSSR count). The molecule has 0 saturated carbocycles. The van der Waals surface area contributed by atoms with E-state index in [0.29, 0.717) is 21.8 Å². The summed E-state index contributed by atoms with van der Waals surface area (Å²) in [6.07, 6.45) is 3.40. The number of hydrogen-bond acceptors (Lipinski definition) is 3. The maximum absolute atomic E-state index is 12.6. The fraction of sp³-hybridized carbons (Fsp3) is 0. The molecule has 3 aromatic rings. The van der Waals surface area contributed by atoms with Crippen molar-refractivity contribution >= 4 is 33.8 Å². The smallest absolute Gasteiger partial charge is 0.193 e. The van der Waals surface area contributed by atoms with Crippen LogP contribution in [0, 0.1) is 0 Å². The van der Waals surface area contributed by atoms with Crippen LogP contribution in [0.2, 0.25) is 5.02 Å². The number of carbonyl (C=O) groups is 1. The second kappa shape index (κ2) is 4.94. The van der Waals surface area contributed by atoms with Crippen LogP contribution in [0.4, 0.5) is 5.69 Å². The summed E-state index contributed by atoms with van der Waals surface area (Å²) in [6, 6.07) is 12.4. The zero-order chi connectivity index (χ0) is 14.1. The third-order valence-corrected chi connectivity index (χ3v) is 3.52. The van der Waals surface area contributed by atoms with Crippen molar-refractivity contribution in [1.29, 1.82) is 0 Å². The number of rotatable bonds is 2. The lowest BCUT2D eigenvalue weighted by atomic mass is 9.98. The van der Waals surface area contributed by atoms with Gasteiger partial charge in [-0.1, -0.05) is 29.8 Å². The SMILES string of the molecule is Nc1ccc(C(=O)c2cccc3ccncc23)cc1Cl. The maximum atomic E-state index is 12.6. The van der Waals surface area contributed by atoms with Gasteiger partial charge >= 0.3 is 0 Å². The highest BCUT2D eigenvalue weighted by Crippen LogP contribution is 2.24. The second-order valence-electron chi connectivity index (χ2n) is 4.47. The average Bonchev–Trinajstić information content (AvgIpc) is 2.49. The minimum absolute atomic E-state index is 0.0921. The van der Waals surface area contributed by atoms with E-state index in [-0.39, 0.29) is 5.78 Å². The predicted octanol–water partition coefficient (Wildman–Crippen LogP) is 3.70. The summed E-state index contributed by atoms with van der Waals surface area (Å²) in [5.74, 6) is -0.0921. The van der Waals surface area contributed by atoms with Gasteiger partial charge in [-0.2, -0.15) is 0 Å². The van der Waals surface area contributed by atoms with E-state index in [4.69, 9.17) is 17.3 Å². The number of carbonyl (C=O) groups excluding carboxylic acids is 1. The molecule has 1 aromatic heterocycles. The van der Waals surface area contributed by atoms with E-state index in [1.54, 1.807) is 36.7 Å². The topological polar surface area (TPSA) is 56.0 Å². The van der Waals surface area contributed by atoms with Crippen LogP contribution in [0.1, 0.15) is 15.9 Å². The first-order valence-electron chi connectivity index (χ1n) is 6.09. The Morgan fingerprint density at radius 1 is 1.15 bits per heavy atom. The molecule has 4 heteroatoms. The molecule has 3 nitrogen and oxygen atoms in total. The van der Waals surface area contributed by atoms with Gasteiger partial charge in [0.2, 0.25) is 0 Å². The Balaban J connectivity index is 2.15. The van der Waals surface area contributed by atoms with Gasteiger partial charge in [0.05, 0.1) is 10.7 Å². The number of anilines is 1. The van der Waals surface area contributed by atoms with Crippen molar-refractivity contribution in [3.8, 4) is 0 Å². The number of benzene rings is 2. The molecule has 0 aliphatic carbocycles. The number of nitrogens with zero attached hydrogens (tertiary/aromatic N) is 1. The first-order valence-corrected chi connectivity index (χ1v) is 6.47. The summed E-state index contributed by atoms with van der Waals surface area (Å²) in [7, 11) is 0. The molecule has 0 saturated heterocycles. The van der Waals surface area contributed by atoms with Gasteiger partial charge in [0.25, 0.3) is 0 Å². The molecule has 0 aliphatic heterocycles. The zero-order valence-electron chi connectivity index (χ0n) is 10.5. The number of nitrogen functional groups attached to an aromatic ring is 1. The standard InChI is InChI=1S/C16H11ClN2O/c17-14-8-11(4-5-15(14)18)16(20)12-3-1-2-10-6-7-19-9-13(10)12/h1-9H,18H2. The van der Waals surface area contributed by atoms with Crippen LogP contribution in [0.5, 0.6) is 0 Å². The number of nitrogens with two attached hydrogens (primary N) is 1. The Kier molecular flexibility index (Phi) is 3.12. The average molecular weight is 283 g/mol. The molecule has 98 valence electrons. The summed E-state index contributed by atoms with van der Waals surface area (Å²) in [5.41, 5.74) is 7.25. The Morgan fingerprint density at radius 2 is 2.00 bits per heavy atom. The molecule has 2 N–H and O–H groups in total. The van der Waals surface area contributed by atoms with E-state index >= 15 is 0 Å². The fourth-order valence-corrected chi connectivity index (χ4v) is 2.32. The zero-order valence-corrected chi connectivity index (χ0v) is 11.3. The van der Waals surface area contributed by atoms with Crippen LogP contribution in [-0.2, 0) is 0 Å². The quantitative estimate of drug-likeness (QED) is 0.576. The summed E-state index contributed by atoms with van der Waals surface area (Å²) >= 11 is 5.97. The molecular formula is C16H11ClN2O.